The van der Waals surface area contributed by atoms with E-state index >= 15 is 0 Å². The fourth-order valence-corrected chi connectivity index (χ4v) is 0. The van der Waals surface area contributed by atoms with Crippen LogP contribution in [0.5, 0.6) is 0 Å². The van der Waals surface area contributed by atoms with Gasteiger partial charge in [-0.2, -0.15) is 31.3 Å². The van der Waals surface area contributed by atoms with Gasteiger partial charge in [0.05, 0.1) is 0 Å². The first-order valence-corrected chi connectivity index (χ1v) is 8.76. The van der Waals surface area contributed by atoms with Crippen LogP contribution >= 0.6 is 31.3 Å². The van der Waals surface area contributed by atoms with Crippen molar-refractivity contribution < 1.29 is 138 Å². The zero-order valence-electron chi connectivity index (χ0n) is 15.3. The van der Waals surface area contributed by atoms with Crippen LogP contribution in [0.15, 0.2) is 0 Å². The van der Waals surface area contributed by atoms with Crippen molar-refractivity contribution in [1.29, 1.82) is 0 Å². The van der Waals surface area contributed by atoms with E-state index in [1.54, 1.807) is 0 Å². The molecule has 0 aliphatic carbocycles. The second-order valence-electron chi connectivity index (χ2n) is 1.79. The summed E-state index contributed by atoms with van der Waals surface area (Å²) in [4.78, 5) is 103. The average Bonchev–Trinajstić information content (AvgIpc) is 1.62. The third-order valence-electron chi connectivity index (χ3n) is 0. The Balaban J connectivity index is -0.00000000970. The maximum absolute atomic E-state index is 8.55. The molecular formula is H2CaMg3O16P4Zn3. The zero-order chi connectivity index (χ0) is 18.0. The molecule has 0 heterocycles. The summed E-state index contributed by atoms with van der Waals surface area (Å²) in [7, 11) is -21.6. The molecule has 0 saturated heterocycles. The zero-order valence-corrected chi connectivity index (χ0v) is 32.2. The number of phosphoric acid groups is 4. The van der Waals surface area contributed by atoms with Gasteiger partial charge in [0.2, 0.25) is 0 Å². The van der Waals surface area contributed by atoms with Gasteiger partial charge in [-0.05, 0) is 0 Å². The average molecular weight is 691 g/mol. The summed E-state index contributed by atoms with van der Waals surface area (Å²) in [5, 5.41) is 0. The predicted octanol–water partition coefficient (Wildman–Crippen LogP) is -12.6. The van der Waals surface area contributed by atoms with Crippen LogP contribution in [-0.4, -0.2) is 107 Å². The maximum atomic E-state index is 8.55. The van der Waals surface area contributed by atoms with Crippen molar-refractivity contribution in [3.63, 3.8) is 0 Å². The van der Waals surface area contributed by atoms with Crippen molar-refractivity contribution in [1.82, 2.24) is 0 Å². The number of rotatable bonds is 0. The molecule has 0 aliphatic rings. The monoisotopic (exact) mass is 686 g/mol. The van der Waals surface area contributed by atoms with Crippen molar-refractivity contribution in [2.45, 2.75) is 0 Å². The largest absolute Gasteiger partial charge is 2.00 e. The van der Waals surface area contributed by atoms with E-state index in [0.29, 0.717) is 0 Å². The van der Waals surface area contributed by atoms with E-state index in [1.807, 2.05) is 0 Å². The first-order valence-electron chi connectivity index (χ1n) is 2.92. The van der Waals surface area contributed by atoms with Crippen LogP contribution in [0.25, 0.3) is 0 Å². The molecule has 0 spiro atoms. The minimum Gasteiger partial charge on any atom is -1.00 e. The standard InChI is InChI=1S/Ca.3Mg.4H3O4P.3Zn.2H/c;;;;4*1-5(2,3)4;;;;;/h;;;;4*(H3,1,2,3,4);;;;;/q4*+2;;;;;3*+2;2*-1/p-12. The van der Waals surface area contributed by atoms with E-state index in [0.717, 1.165) is 0 Å². The molecule has 0 fully saturated rings. The van der Waals surface area contributed by atoms with Crippen molar-refractivity contribution in [2.24, 2.45) is 0 Å². The van der Waals surface area contributed by atoms with Gasteiger partial charge in [-0.1, -0.05) is 0 Å². The molecule has 27 heteroatoms. The number of hydrogen-bond donors (Lipinski definition) is 0. The SMILES string of the molecule is O=P([O-])([O-])[O-].O=P([O-])([O-])[O-].O=P([O-])([O-])[O-].O=P([O-])([O-])[O-].[Ca+2].[H-].[H-].[Mg+2].[Mg+2].[Mg+2].[Zn+2].[Zn+2].[Zn+2]. The topological polar surface area (TPSA) is 345 Å². The fraction of sp³-hybridized carbons (Fsp3) is 0. The van der Waals surface area contributed by atoms with Gasteiger partial charge in [-0.25, -0.2) is 0 Å². The minimum atomic E-state index is -5.39. The van der Waals surface area contributed by atoms with Gasteiger partial charge in [0.1, 0.15) is 0 Å². The van der Waals surface area contributed by atoms with Crippen molar-refractivity contribution in [3.8, 4) is 0 Å². The Kier molecular flexibility index (Phi) is 88.0. The summed E-state index contributed by atoms with van der Waals surface area (Å²) in [5.41, 5.74) is 0. The van der Waals surface area contributed by atoms with Gasteiger partial charge in [-0.3, -0.25) is 0 Å². The van der Waals surface area contributed by atoms with Crippen LogP contribution in [0.4, 0.5) is 0 Å². The fourth-order valence-electron chi connectivity index (χ4n) is 0. The molecule has 0 aromatic carbocycles. The summed E-state index contributed by atoms with van der Waals surface area (Å²) >= 11 is 0. The van der Waals surface area contributed by atoms with Crippen LogP contribution in [-0.2, 0) is 76.7 Å². The molecule has 0 N–H and O–H groups in total. The maximum Gasteiger partial charge on any atom is 2.00 e. The van der Waals surface area contributed by atoms with Gasteiger partial charge in [0, 0.05) is 0 Å². The van der Waals surface area contributed by atoms with E-state index < -0.39 is 31.3 Å². The summed E-state index contributed by atoms with van der Waals surface area (Å²) < 4.78 is 34.2. The van der Waals surface area contributed by atoms with Gasteiger partial charge in [-0.15, -0.1) is 0 Å². The second kappa shape index (κ2) is 34.0. The predicted molar refractivity (Wildman–Crippen MR) is 55.7 cm³/mol. The van der Waals surface area contributed by atoms with E-state index in [2.05, 4.69) is 0 Å². The molecule has 0 radical (unpaired) electrons. The molecule has 0 rings (SSSR count). The van der Waals surface area contributed by atoms with Crippen molar-refractivity contribution in [3.05, 3.63) is 0 Å². The second-order valence-corrected chi connectivity index (χ2v) is 5.37. The normalized spacial score (nSPS) is 8.74. The Labute approximate surface area is 272 Å². The summed E-state index contributed by atoms with van der Waals surface area (Å²) in [6.07, 6.45) is 0. The Bertz CT molecular complexity index is 322. The minimum absolute atomic E-state index is 0. The Morgan fingerprint density at radius 2 is 0.370 bits per heavy atom. The molecule has 27 heavy (non-hydrogen) atoms. The van der Waals surface area contributed by atoms with E-state index in [1.165, 1.54) is 0 Å². The Hall–Kier alpha value is 5.87. The van der Waals surface area contributed by atoms with Gasteiger partial charge in [0.25, 0.3) is 0 Å². The van der Waals surface area contributed by atoms with Crippen molar-refractivity contribution >= 4 is 138 Å². The van der Waals surface area contributed by atoms with Crippen LogP contribution in [0.2, 0.25) is 0 Å². The van der Waals surface area contributed by atoms with Gasteiger partial charge in [0.15, 0.2) is 0 Å². The third kappa shape index (κ3) is 826. The molecule has 0 unspecified atom stereocenters. The Morgan fingerprint density at radius 3 is 0.370 bits per heavy atom. The molecule has 0 atom stereocenters. The molecule has 0 saturated carbocycles. The molecular weight excluding hydrogens is 689 g/mol. The third-order valence-corrected chi connectivity index (χ3v) is 0. The Morgan fingerprint density at radius 1 is 0.370 bits per heavy atom. The molecule has 132 valence electrons. The molecule has 0 bridgehead atoms. The van der Waals surface area contributed by atoms with Crippen LogP contribution in [0, 0.1) is 0 Å². The van der Waals surface area contributed by atoms with Gasteiger partial charge >= 0.3 is 165 Å². The molecule has 0 aromatic heterocycles. The first kappa shape index (κ1) is 69.8. The molecule has 0 aromatic rings. The smallest absolute Gasteiger partial charge is 1.00 e. The van der Waals surface area contributed by atoms with E-state index in [4.69, 9.17) is 77.0 Å². The molecule has 0 aliphatic heterocycles. The number of hydrogen-bond acceptors (Lipinski definition) is 16. The van der Waals surface area contributed by atoms with Crippen molar-refractivity contribution in [2.75, 3.05) is 0 Å². The first-order chi connectivity index (χ1) is 8.00. The molecule has 16 nitrogen and oxygen atoms in total. The van der Waals surface area contributed by atoms with E-state index in [-0.39, 0.29) is 168 Å². The van der Waals surface area contributed by atoms with E-state index in [9.17, 15) is 0 Å². The van der Waals surface area contributed by atoms with Crippen LogP contribution in [0.1, 0.15) is 2.85 Å². The summed E-state index contributed by atoms with van der Waals surface area (Å²) in [6, 6.07) is 0. The summed E-state index contributed by atoms with van der Waals surface area (Å²) in [5.74, 6) is 0. The quantitative estimate of drug-likeness (QED) is 0.168. The van der Waals surface area contributed by atoms with Crippen LogP contribution in [0.3, 0.4) is 0 Å². The summed E-state index contributed by atoms with van der Waals surface area (Å²) in [6.45, 7) is 0. The van der Waals surface area contributed by atoms with Crippen LogP contribution < -0.4 is 58.7 Å². The molecule has 0 amide bonds. The van der Waals surface area contributed by atoms with Gasteiger partial charge < -0.3 is 79.8 Å².